The Balaban J connectivity index is 1.41. The minimum atomic E-state index is -0.396. The van der Waals surface area contributed by atoms with Gasteiger partial charge in [0, 0.05) is 16.5 Å². The van der Waals surface area contributed by atoms with Gasteiger partial charge in [0.15, 0.2) is 4.34 Å². The van der Waals surface area contributed by atoms with E-state index in [4.69, 9.17) is 16.3 Å². The molecule has 1 heterocycles. The van der Waals surface area contributed by atoms with Crippen LogP contribution in [0.3, 0.4) is 0 Å². The van der Waals surface area contributed by atoms with Gasteiger partial charge in [-0.25, -0.2) is 4.79 Å². The van der Waals surface area contributed by atoms with Crippen LogP contribution < -0.4 is 15.4 Å². The van der Waals surface area contributed by atoms with Crippen LogP contribution in [0.5, 0.6) is 5.75 Å². The first-order valence-corrected chi connectivity index (χ1v) is 10.3. The van der Waals surface area contributed by atoms with Crippen LogP contribution in [0.25, 0.3) is 0 Å². The van der Waals surface area contributed by atoms with Crippen molar-refractivity contribution in [3.8, 4) is 5.75 Å². The van der Waals surface area contributed by atoms with Gasteiger partial charge in [-0.05, 0) is 37.3 Å². The molecule has 2 N–H and O–H groups in total. The van der Waals surface area contributed by atoms with Crippen molar-refractivity contribution in [1.29, 1.82) is 0 Å². The van der Waals surface area contributed by atoms with Crippen LogP contribution in [0.1, 0.15) is 5.56 Å². The number of aromatic nitrogens is 2. The van der Waals surface area contributed by atoms with Gasteiger partial charge in [0.1, 0.15) is 5.75 Å². The molecule has 9 heteroatoms. The van der Waals surface area contributed by atoms with Crippen LogP contribution in [0.4, 0.5) is 15.6 Å². The summed E-state index contributed by atoms with van der Waals surface area (Å²) >= 11 is 8.73. The Morgan fingerprint density at radius 1 is 1.19 bits per heavy atom. The maximum absolute atomic E-state index is 12.0. The second-order valence-electron chi connectivity index (χ2n) is 5.47. The molecule has 0 bridgehead atoms. The number of benzene rings is 2. The normalized spacial score (nSPS) is 10.4. The minimum Gasteiger partial charge on any atom is -0.493 e. The number of amides is 2. The summed E-state index contributed by atoms with van der Waals surface area (Å²) in [6.45, 7) is 2.60. The number of nitrogens with zero attached hydrogens (tertiary/aromatic N) is 2. The number of carbonyl (C=O) groups excluding carboxylic acids is 1. The molecule has 0 aliphatic carbocycles. The second kappa shape index (κ2) is 9.59. The quantitative estimate of drug-likeness (QED) is 0.307. The third-order valence-corrected chi connectivity index (χ3v) is 5.48. The van der Waals surface area contributed by atoms with Gasteiger partial charge in [0.25, 0.3) is 0 Å². The predicted octanol–water partition coefficient (Wildman–Crippen LogP) is 5.32. The fourth-order valence-corrected chi connectivity index (χ4v) is 3.89. The highest BCUT2D eigenvalue weighted by Crippen LogP contribution is 2.25. The SMILES string of the molecule is Cc1ccc(OCCSc2nnc(NC(=O)Nc3cccc(Cl)c3)s2)cc1. The summed E-state index contributed by atoms with van der Waals surface area (Å²) in [6.07, 6.45) is 0. The van der Waals surface area contributed by atoms with Crippen molar-refractivity contribution in [2.75, 3.05) is 23.0 Å². The zero-order chi connectivity index (χ0) is 19.1. The highest BCUT2D eigenvalue weighted by atomic mass is 35.5. The van der Waals surface area contributed by atoms with Crippen LogP contribution in [0, 0.1) is 6.92 Å². The highest BCUT2D eigenvalue weighted by molar-refractivity contribution is 8.01. The van der Waals surface area contributed by atoms with E-state index in [9.17, 15) is 4.79 Å². The van der Waals surface area contributed by atoms with E-state index in [1.54, 1.807) is 24.3 Å². The smallest absolute Gasteiger partial charge is 0.325 e. The van der Waals surface area contributed by atoms with Crippen molar-refractivity contribution in [2.24, 2.45) is 0 Å². The number of thioether (sulfide) groups is 1. The van der Waals surface area contributed by atoms with E-state index in [-0.39, 0.29) is 0 Å². The summed E-state index contributed by atoms with van der Waals surface area (Å²) in [7, 11) is 0. The molecule has 2 amide bonds. The molecule has 0 spiro atoms. The molecule has 27 heavy (non-hydrogen) atoms. The second-order valence-corrected chi connectivity index (χ2v) is 8.23. The van der Waals surface area contributed by atoms with Gasteiger partial charge in [-0.2, -0.15) is 0 Å². The van der Waals surface area contributed by atoms with E-state index in [0.29, 0.717) is 22.4 Å². The first-order valence-electron chi connectivity index (χ1n) is 8.08. The highest BCUT2D eigenvalue weighted by Gasteiger charge is 2.09. The van der Waals surface area contributed by atoms with Crippen molar-refractivity contribution in [1.82, 2.24) is 10.2 Å². The minimum absolute atomic E-state index is 0.396. The van der Waals surface area contributed by atoms with E-state index >= 15 is 0 Å². The molecule has 0 saturated carbocycles. The number of hydrogen-bond donors (Lipinski definition) is 2. The molecule has 3 rings (SSSR count). The molecule has 0 saturated heterocycles. The maximum Gasteiger partial charge on any atom is 0.325 e. The van der Waals surface area contributed by atoms with Crippen LogP contribution in [-0.2, 0) is 0 Å². The van der Waals surface area contributed by atoms with Crippen molar-refractivity contribution >= 4 is 51.5 Å². The molecular formula is C18H17ClN4O2S2. The lowest BCUT2D eigenvalue weighted by molar-refractivity contribution is 0.262. The van der Waals surface area contributed by atoms with Gasteiger partial charge in [-0.15, -0.1) is 10.2 Å². The lowest BCUT2D eigenvalue weighted by Gasteiger charge is -2.05. The molecule has 0 atom stereocenters. The van der Waals surface area contributed by atoms with Crippen molar-refractivity contribution < 1.29 is 9.53 Å². The van der Waals surface area contributed by atoms with Gasteiger partial charge in [0.2, 0.25) is 5.13 Å². The fraction of sp³-hybridized carbons (Fsp3) is 0.167. The average Bonchev–Trinajstić information content (AvgIpc) is 3.07. The molecule has 0 fully saturated rings. The number of anilines is 2. The summed E-state index contributed by atoms with van der Waals surface area (Å²) in [5.74, 6) is 1.58. The van der Waals surface area contributed by atoms with E-state index in [1.165, 1.54) is 28.7 Å². The average molecular weight is 421 g/mol. The lowest BCUT2D eigenvalue weighted by Crippen LogP contribution is -2.19. The monoisotopic (exact) mass is 420 g/mol. The molecular weight excluding hydrogens is 404 g/mol. The third-order valence-electron chi connectivity index (χ3n) is 3.31. The van der Waals surface area contributed by atoms with E-state index < -0.39 is 6.03 Å². The molecule has 140 valence electrons. The summed E-state index contributed by atoms with van der Waals surface area (Å²) in [6, 6.07) is 14.4. The molecule has 0 aliphatic heterocycles. The number of halogens is 1. The largest absolute Gasteiger partial charge is 0.493 e. The van der Waals surface area contributed by atoms with Gasteiger partial charge in [-0.1, -0.05) is 58.5 Å². The van der Waals surface area contributed by atoms with Crippen LogP contribution in [0.15, 0.2) is 52.9 Å². The lowest BCUT2D eigenvalue weighted by atomic mass is 10.2. The standard InChI is InChI=1S/C18H17ClN4O2S2/c1-12-5-7-15(8-6-12)25-9-10-26-18-23-22-17(27-18)21-16(24)20-14-4-2-3-13(19)11-14/h2-8,11H,9-10H2,1H3,(H2,20,21,22,24). The molecule has 1 aromatic heterocycles. The molecule has 0 unspecified atom stereocenters. The molecule has 6 nitrogen and oxygen atoms in total. The maximum atomic E-state index is 12.0. The number of nitrogens with one attached hydrogen (secondary N) is 2. The Hall–Kier alpha value is -2.29. The summed E-state index contributed by atoms with van der Waals surface area (Å²) in [4.78, 5) is 12.0. The first kappa shape index (κ1) is 19.5. The Kier molecular flexibility index (Phi) is 6.92. The van der Waals surface area contributed by atoms with Crippen molar-refractivity contribution in [2.45, 2.75) is 11.3 Å². The van der Waals surface area contributed by atoms with Crippen molar-refractivity contribution in [3.63, 3.8) is 0 Å². The summed E-state index contributed by atoms with van der Waals surface area (Å²) < 4.78 is 6.44. The molecule has 2 aromatic carbocycles. The molecule has 3 aromatic rings. The van der Waals surface area contributed by atoms with E-state index in [0.717, 1.165) is 15.8 Å². The number of aryl methyl sites for hydroxylation is 1. The zero-order valence-corrected chi connectivity index (χ0v) is 16.8. The first-order chi connectivity index (χ1) is 13.1. The zero-order valence-electron chi connectivity index (χ0n) is 14.4. The Labute approximate surface area is 170 Å². The van der Waals surface area contributed by atoms with Crippen molar-refractivity contribution in [3.05, 3.63) is 59.1 Å². The van der Waals surface area contributed by atoms with Gasteiger partial charge >= 0.3 is 6.03 Å². The summed E-state index contributed by atoms with van der Waals surface area (Å²) in [5.41, 5.74) is 1.80. The number of urea groups is 1. The van der Waals surface area contributed by atoms with E-state index in [2.05, 4.69) is 20.8 Å². The van der Waals surface area contributed by atoms with Crippen LogP contribution in [0.2, 0.25) is 5.02 Å². The number of carbonyl (C=O) groups is 1. The topological polar surface area (TPSA) is 76.1 Å². The van der Waals surface area contributed by atoms with Crippen LogP contribution >= 0.6 is 34.7 Å². The Bertz CT molecular complexity index is 902. The number of hydrogen-bond acceptors (Lipinski definition) is 6. The van der Waals surface area contributed by atoms with Gasteiger partial charge in [-0.3, -0.25) is 5.32 Å². The number of ether oxygens (including phenoxy) is 1. The Morgan fingerprint density at radius 3 is 2.78 bits per heavy atom. The molecule has 0 aliphatic rings. The van der Waals surface area contributed by atoms with Gasteiger partial charge in [0.05, 0.1) is 6.61 Å². The fourth-order valence-electron chi connectivity index (χ4n) is 2.07. The third kappa shape index (κ3) is 6.42. The Morgan fingerprint density at radius 2 is 2.00 bits per heavy atom. The number of rotatable bonds is 7. The summed E-state index contributed by atoms with van der Waals surface area (Å²) in [5, 5.41) is 14.4. The van der Waals surface area contributed by atoms with Crippen LogP contribution in [-0.4, -0.2) is 28.6 Å². The molecule has 0 radical (unpaired) electrons. The van der Waals surface area contributed by atoms with Gasteiger partial charge < -0.3 is 10.1 Å². The predicted molar refractivity (Wildman–Crippen MR) is 111 cm³/mol. The van der Waals surface area contributed by atoms with E-state index in [1.807, 2.05) is 31.2 Å².